The lowest BCUT2D eigenvalue weighted by Gasteiger charge is -2.12. The number of aryl methyl sites for hydroxylation is 3. The Hall–Kier alpha value is -0.780. The Morgan fingerprint density at radius 2 is 1.85 bits per heavy atom. The van der Waals surface area contributed by atoms with E-state index in [1.807, 2.05) is 0 Å². The van der Waals surface area contributed by atoms with Crippen LogP contribution in [0.25, 0.3) is 0 Å². The largest absolute Gasteiger partial charge is 0.0561 e. The lowest BCUT2D eigenvalue weighted by atomic mass is 9.93. The van der Waals surface area contributed by atoms with Crippen molar-refractivity contribution in [3.05, 3.63) is 34.4 Å². The molecule has 0 unspecified atom stereocenters. The highest BCUT2D eigenvalue weighted by atomic mass is 14.5. The van der Waals surface area contributed by atoms with Crippen molar-refractivity contribution in [3.8, 4) is 0 Å². The van der Waals surface area contributed by atoms with E-state index in [9.17, 15) is 0 Å². The van der Waals surface area contributed by atoms with Gasteiger partial charge in [-0.05, 0) is 61.6 Å². The van der Waals surface area contributed by atoms with Gasteiger partial charge in [-0.3, -0.25) is 0 Å². The summed E-state index contributed by atoms with van der Waals surface area (Å²) in [5, 5.41) is 0. The molecule has 0 saturated heterocycles. The third kappa shape index (κ3) is 0.919. The Balaban J connectivity index is 2.25. The average Bonchev–Trinajstić information content (AvgIpc) is 2.70. The Kier molecular flexibility index (Phi) is 1.27. The molecule has 1 aromatic rings. The summed E-state index contributed by atoms with van der Waals surface area (Å²) in [6.45, 7) is 4.50. The highest BCUT2D eigenvalue weighted by molar-refractivity contribution is 5.49. The van der Waals surface area contributed by atoms with Gasteiger partial charge in [0.15, 0.2) is 0 Å². The summed E-state index contributed by atoms with van der Waals surface area (Å²) >= 11 is 0. The number of benzene rings is 1. The van der Waals surface area contributed by atoms with Crippen molar-refractivity contribution in [1.29, 1.82) is 0 Å². The standard InChI is InChI=1S/C13H16/c1-9-7-10(2)12-11(8-9)3-4-13(12)5-6-13/h7-8H,3-6H2,1-2H3. The summed E-state index contributed by atoms with van der Waals surface area (Å²) in [6.07, 6.45) is 5.65. The highest BCUT2D eigenvalue weighted by Gasteiger charge is 2.49. The molecule has 0 radical (unpaired) electrons. The van der Waals surface area contributed by atoms with Gasteiger partial charge in [-0.15, -0.1) is 0 Å². The first-order valence-electron chi connectivity index (χ1n) is 5.32. The Labute approximate surface area is 80.0 Å². The van der Waals surface area contributed by atoms with Crippen LogP contribution in [0, 0.1) is 13.8 Å². The van der Waals surface area contributed by atoms with Gasteiger partial charge in [0.2, 0.25) is 0 Å². The minimum Gasteiger partial charge on any atom is -0.0561 e. The summed E-state index contributed by atoms with van der Waals surface area (Å²) in [5.74, 6) is 0. The van der Waals surface area contributed by atoms with Crippen molar-refractivity contribution in [1.82, 2.24) is 0 Å². The van der Waals surface area contributed by atoms with Gasteiger partial charge in [0, 0.05) is 0 Å². The van der Waals surface area contributed by atoms with Gasteiger partial charge >= 0.3 is 0 Å². The summed E-state index contributed by atoms with van der Waals surface area (Å²) in [5.41, 5.74) is 7.01. The van der Waals surface area contributed by atoms with Crippen LogP contribution in [0.5, 0.6) is 0 Å². The van der Waals surface area contributed by atoms with E-state index in [-0.39, 0.29) is 0 Å². The van der Waals surface area contributed by atoms with Crippen molar-refractivity contribution in [2.45, 2.75) is 44.9 Å². The van der Waals surface area contributed by atoms with Crippen LogP contribution in [-0.4, -0.2) is 0 Å². The lowest BCUT2D eigenvalue weighted by Crippen LogP contribution is -2.02. The smallest absolute Gasteiger partial charge is 0.00378 e. The Morgan fingerprint density at radius 1 is 1.08 bits per heavy atom. The monoisotopic (exact) mass is 172 g/mol. The maximum absolute atomic E-state index is 2.40. The molecule has 1 aromatic carbocycles. The lowest BCUT2D eigenvalue weighted by molar-refractivity contribution is 0.678. The van der Waals surface area contributed by atoms with E-state index in [0.29, 0.717) is 5.41 Å². The van der Waals surface area contributed by atoms with Crippen LogP contribution in [0.3, 0.4) is 0 Å². The van der Waals surface area contributed by atoms with Crippen molar-refractivity contribution in [3.63, 3.8) is 0 Å². The van der Waals surface area contributed by atoms with Crippen molar-refractivity contribution in [2.75, 3.05) is 0 Å². The molecule has 68 valence electrons. The fraction of sp³-hybridized carbons (Fsp3) is 0.538. The molecule has 2 aliphatic carbocycles. The topological polar surface area (TPSA) is 0 Å². The highest BCUT2D eigenvalue weighted by Crippen LogP contribution is 2.57. The van der Waals surface area contributed by atoms with E-state index in [4.69, 9.17) is 0 Å². The van der Waals surface area contributed by atoms with Crippen LogP contribution in [0.15, 0.2) is 12.1 Å². The minimum absolute atomic E-state index is 0.660. The maximum Gasteiger partial charge on any atom is -0.00378 e. The van der Waals surface area contributed by atoms with Crippen molar-refractivity contribution >= 4 is 0 Å². The molecule has 1 saturated carbocycles. The van der Waals surface area contributed by atoms with E-state index >= 15 is 0 Å². The van der Waals surface area contributed by atoms with Crippen LogP contribution in [-0.2, 0) is 11.8 Å². The SMILES string of the molecule is Cc1cc(C)c2c(c1)CCC21CC1. The normalized spacial score (nSPS) is 22.0. The van der Waals surface area contributed by atoms with E-state index in [2.05, 4.69) is 26.0 Å². The van der Waals surface area contributed by atoms with Crippen molar-refractivity contribution in [2.24, 2.45) is 0 Å². The van der Waals surface area contributed by atoms with Crippen LogP contribution >= 0.6 is 0 Å². The molecule has 0 aliphatic heterocycles. The molecule has 0 nitrogen and oxygen atoms in total. The maximum atomic E-state index is 2.40. The molecular weight excluding hydrogens is 156 g/mol. The third-order valence-electron chi connectivity index (χ3n) is 3.82. The fourth-order valence-corrected chi connectivity index (χ4v) is 3.16. The molecule has 0 atom stereocenters. The molecule has 1 spiro atoms. The van der Waals surface area contributed by atoms with Crippen LogP contribution in [0.2, 0.25) is 0 Å². The van der Waals surface area contributed by atoms with Gasteiger partial charge in [0.1, 0.15) is 0 Å². The quantitative estimate of drug-likeness (QED) is 0.563. The molecule has 0 bridgehead atoms. The average molecular weight is 172 g/mol. The van der Waals surface area contributed by atoms with Crippen LogP contribution in [0.4, 0.5) is 0 Å². The fourth-order valence-electron chi connectivity index (χ4n) is 3.16. The molecule has 13 heavy (non-hydrogen) atoms. The second kappa shape index (κ2) is 2.17. The molecular formula is C13H16. The zero-order valence-corrected chi connectivity index (χ0v) is 8.48. The van der Waals surface area contributed by atoms with Crippen LogP contribution < -0.4 is 0 Å². The zero-order valence-electron chi connectivity index (χ0n) is 8.48. The minimum atomic E-state index is 0.660. The first-order valence-corrected chi connectivity index (χ1v) is 5.32. The second-order valence-corrected chi connectivity index (χ2v) is 4.90. The molecule has 0 heteroatoms. The summed E-state index contributed by atoms with van der Waals surface area (Å²) < 4.78 is 0. The van der Waals surface area contributed by atoms with Crippen LogP contribution in [0.1, 0.15) is 41.5 Å². The first kappa shape index (κ1) is 7.61. The number of hydrogen-bond donors (Lipinski definition) is 0. The van der Waals surface area contributed by atoms with E-state index in [1.54, 1.807) is 16.7 Å². The van der Waals surface area contributed by atoms with E-state index in [0.717, 1.165) is 0 Å². The van der Waals surface area contributed by atoms with E-state index < -0.39 is 0 Å². The number of rotatable bonds is 0. The Morgan fingerprint density at radius 3 is 2.54 bits per heavy atom. The zero-order chi connectivity index (χ0) is 9.05. The van der Waals surface area contributed by atoms with Gasteiger partial charge in [0.05, 0.1) is 0 Å². The number of fused-ring (bicyclic) bond motifs is 2. The second-order valence-electron chi connectivity index (χ2n) is 4.90. The molecule has 2 aliphatic rings. The van der Waals surface area contributed by atoms with Gasteiger partial charge < -0.3 is 0 Å². The molecule has 1 fully saturated rings. The predicted molar refractivity (Wildman–Crippen MR) is 55.1 cm³/mol. The summed E-state index contributed by atoms with van der Waals surface area (Å²) in [4.78, 5) is 0. The molecule has 0 heterocycles. The first-order chi connectivity index (χ1) is 6.21. The van der Waals surface area contributed by atoms with Gasteiger partial charge in [-0.25, -0.2) is 0 Å². The molecule has 0 aromatic heterocycles. The third-order valence-corrected chi connectivity index (χ3v) is 3.82. The van der Waals surface area contributed by atoms with E-state index in [1.165, 1.54) is 31.2 Å². The van der Waals surface area contributed by atoms with Gasteiger partial charge in [0.25, 0.3) is 0 Å². The van der Waals surface area contributed by atoms with Gasteiger partial charge in [-0.1, -0.05) is 17.7 Å². The predicted octanol–water partition coefficient (Wildman–Crippen LogP) is 3.28. The molecule has 0 amide bonds. The summed E-state index contributed by atoms with van der Waals surface area (Å²) in [7, 11) is 0. The van der Waals surface area contributed by atoms with Gasteiger partial charge in [-0.2, -0.15) is 0 Å². The Bertz CT molecular complexity index is 370. The molecule has 0 N–H and O–H groups in total. The van der Waals surface area contributed by atoms with Crippen molar-refractivity contribution < 1.29 is 0 Å². The summed E-state index contributed by atoms with van der Waals surface area (Å²) in [6, 6.07) is 4.75. The molecule has 3 rings (SSSR count). The number of hydrogen-bond acceptors (Lipinski definition) is 0.